The Morgan fingerprint density at radius 2 is 1.75 bits per heavy atom. The molecule has 0 radical (unpaired) electrons. The lowest BCUT2D eigenvalue weighted by molar-refractivity contribution is -0.912. The van der Waals surface area contributed by atoms with Crippen LogP contribution in [0.1, 0.15) is 13.8 Å². The topological polar surface area (TPSA) is 47.8 Å². The number of hydrogen-bond donors (Lipinski definition) is 1. The van der Waals surface area contributed by atoms with Crippen molar-refractivity contribution in [1.29, 1.82) is 0 Å². The Bertz CT molecular complexity index is 534. The summed E-state index contributed by atoms with van der Waals surface area (Å²) in [6.07, 6.45) is 0.397. The fourth-order valence-corrected chi connectivity index (χ4v) is 4.24. The molecule has 1 aromatic rings. The van der Waals surface area contributed by atoms with Gasteiger partial charge in [-0.25, -0.2) is 8.42 Å². The fourth-order valence-electron chi connectivity index (χ4n) is 2.63. The molecule has 0 aliphatic carbocycles. The highest BCUT2D eigenvalue weighted by Gasteiger charge is 2.27. The molecular formula is C14H21BrNO3S+. The van der Waals surface area contributed by atoms with E-state index in [1.54, 1.807) is 24.3 Å². The van der Waals surface area contributed by atoms with E-state index in [9.17, 15) is 8.42 Å². The third-order valence-electron chi connectivity index (χ3n) is 3.51. The molecule has 0 aromatic heterocycles. The molecule has 20 heavy (non-hydrogen) atoms. The van der Waals surface area contributed by atoms with Crippen molar-refractivity contribution in [3.63, 3.8) is 0 Å². The third kappa shape index (κ3) is 4.28. The smallest absolute Gasteiger partial charge is 0.183 e. The molecule has 112 valence electrons. The summed E-state index contributed by atoms with van der Waals surface area (Å²) in [5.74, 6) is 0.184. The molecule has 0 spiro atoms. The first kappa shape index (κ1) is 15.9. The summed E-state index contributed by atoms with van der Waals surface area (Å²) < 4.78 is 31.1. The van der Waals surface area contributed by atoms with Gasteiger partial charge in [0.2, 0.25) is 0 Å². The summed E-state index contributed by atoms with van der Waals surface area (Å²) in [6, 6.07) is 6.83. The van der Waals surface area contributed by atoms with Crippen LogP contribution in [0.4, 0.5) is 0 Å². The monoisotopic (exact) mass is 362 g/mol. The lowest BCUT2D eigenvalue weighted by Gasteiger charge is -2.32. The molecule has 0 amide bonds. The van der Waals surface area contributed by atoms with Crippen LogP contribution in [0.15, 0.2) is 33.6 Å². The molecule has 1 saturated heterocycles. The zero-order valence-corrected chi connectivity index (χ0v) is 14.2. The zero-order valence-electron chi connectivity index (χ0n) is 11.8. The van der Waals surface area contributed by atoms with Crippen molar-refractivity contribution < 1.29 is 18.1 Å². The fraction of sp³-hybridized carbons (Fsp3) is 0.571. The van der Waals surface area contributed by atoms with Crippen LogP contribution in [0, 0.1) is 0 Å². The van der Waals surface area contributed by atoms with E-state index in [1.807, 2.05) is 13.8 Å². The van der Waals surface area contributed by atoms with Gasteiger partial charge in [0, 0.05) is 4.47 Å². The van der Waals surface area contributed by atoms with Crippen LogP contribution >= 0.6 is 15.9 Å². The van der Waals surface area contributed by atoms with E-state index >= 15 is 0 Å². The van der Waals surface area contributed by atoms with Crippen LogP contribution < -0.4 is 4.90 Å². The second kappa shape index (κ2) is 6.56. The first-order chi connectivity index (χ1) is 9.37. The van der Waals surface area contributed by atoms with Crippen molar-refractivity contribution in [3.8, 4) is 0 Å². The Hall–Kier alpha value is -0.430. The highest BCUT2D eigenvalue weighted by Crippen LogP contribution is 2.15. The van der Waals surface area contributed by atoms with Gasteiger partial charge in [0.1, 0.15) is 31.1 Å². The maximum absolute atomic E-state index is 12.3. The van der Waals surface area contributed by atoms with Crippen molar-refractivity contribution in [1.82, 2.24) is 0 Å². The van der Waals surface area contributed by atoms with Crippen LogP contribution in [-0.4, -0.2) is 46.0 Å². The van der Waals surface area contributed by atoms with Crippen LogP contribution in [0.3, 0.4) is 0 Å². The van der Waals surface area contributed by atoms with Crippen LogP contribution in [0.25, 0.3) is 0 Å². The Labute approximate surface area is 129 Å². The molecule has 1 fully saturated rings. The summed E-state index contributed by atoms with van der Waals surface area (Å²) in [7, 11) is -3.19. The highest BCUT2D eigenvalue weighted by atomic mass is 79.9. The van der Waals surface area contributed by atoms with Crippen molar-refractivity contribution in [2.75, 3.05) is 25.4 Å². The minimum absolute atomic E-state index is 0.184. The second-order valence-corrected chi connectivity index (χ2v) is 8.46. The van der Waals surface area contributed by atoms with Gasteiger partial charge in [-0.3, -0.25) is 0 Å². The number of quaternary nitrogens is 1. The molecule has 1 heterocycles. The minimum atomic E-state index is -3.19. The largest absolute Gasteiger partial charge is 0.364 e. The number of rotatable bonds is 4. The summed E-state index contributed by atoms with van der Waals surface area (Å²) in [5.41, 5.74) is 0. The Morgan fingerprint density at radius 1 is 1.20 bits per heavy atom. The van der Waals surface area contributed by atoms with Gasteiger partial charge in [0.25, 0.3) is 0 Å². The molecule has 1 aliphatic heterocycles. The lowest BCUT2D eigenvalue weighted by atomic mass is 10.2. The molecule has 0 bridgehead atoms. The summed E-state index contributed by atoms with van der Waals surface area (Å²) in [4.78, 5) is 1.70. The van der Waals surface area contributed by atoms with Crippen LogP contribution in [0.2, 0.25) is 0 Å². The second-order valence-electron chi connectivity index (χ2n) is 5.44. The molecular weight excluding hydrogens is 342 g/mol. The highest BCUT2D eigenvalue weighted by molar-refractivity contribution is 9.10. The number of halogens is 1. The average molecular weight is 363 g/mol. The van der Waals surface area contributed by atoms with Crippen LogP contribution in [0.5, 0.6) is 0 Å². The summed E-state index contributed by atoms with van der Waals surface area (Å²) in [5, 5.41) is 0. The molecule has 0 unspecified atom stereocenters. The van der Waals surface area contributed by atoms with E-state index in [2.05, 4.69) is 15.9 Å². The summed E-state index contributed by atoms with van der Waals surface area (Å²) in [6.45, 7) is 6.47. The van der Waals surface area contributed by atoms with Crippen LogP contribution in [-0.2, 0) is 14.6 Å². The molecule has 4 nitrogen and oxygen atoms in total. The van der Waals surface area contributed by atoms with Gasteiger partial charge in [-0.1, -0.05) is 15.9 Å². The SMILES string of the molecule is C[C@H]1C[NH+](CCS(=O)(=O)c2ccc(Br)cc2)C[C@H](C)O1. The van der Waals surface area contributed by atoms with Crippen molar-refractivity contribution >= 4 is 25.8 Å². The lowest BCUT2D eigenvalue weighted by Crippen LogP contribution is -3.16. The minimum Gasteiger partial charge on any atom is -0.364 e. The Kier molecular flexibility index (Phi) is 5.23. The van der Waals surface area contributed by atoms with Gasteiger partial charge in [-0.15, -0.1) is 0 Å². The van der Waals surface area contributed by atoms with Gasteiger partial charge in [0.05, 0.1) is 11.4 Å². The Morgan fingerprint density at radius 3 is 2.30 bits per heavy atom. The summed E-state index contributed by atoms with van der Waals surface area (Å²) >= 11 is 3.31. The average Bonchev–Trinajstić information content (AvgIpc) is 2.36. The Balaban J connectivity index is 1.97. The molecule has 1 aliphatic rings. The van der Waals surface area contributed by atoms with Gasteiger partial charge >= 0.3 is 0 Å². The standard InChI is InChI=1S/C14H20BrNO3S/c1-11-9-16(10-12(2)19-11)7-8-20(17,18)14-5-3-13(15)4-6-14/h3-6,11-12H,7-10H2,1-2H3/p+1/t11-,12-/m0/s1. The van der Waals surface area contributed by atoms with Crippen molar-refractivity contribution in [2.24, 2.45) is 0 Å². The van der Waals surface area contributed by atoms with E-state index in [1.165, 1.54) is 4.90 Å². The number of hydrogen-bond acceptors (Lipinski definition) is 3. The number of morpholine rings is 1. The molecule has 1 N–H and O–H groups in total. The molecule has 2 atom stereocenters. The first-order valence-corrected chi connectivity index (χ1v) is 9.29. The van der Waals surface area contributed by atoms with Gasteiger partial charge in [0.15, 0.2) is 9.84 Å². The van der Waals surface area contributed by atoms with Gasteiger partial charge in [-0.2, -0.15) is 0 Å². The van der Waals surface area contributed by atoms with Crippen molar-refractivity contribution in [3.05, 3.63) is 28.7 Å². The normalized spacial score (nSPS) is 27.4. The number of ether oxygens (including phenoxy) is 1. The molecule has 0 saturated carbocycles. The quantitative estimate of drug-likeness (QED) is 0.866. The zero-order chi connectivity index (χ0) is 14.8. The third-order valence-corrected chi connectivity index (χ3v) is 5.77. The van der Waals surface area contributed by atoms with Gasteiger partial charge in [-0.05, 0) is 38.1 Å². The first-order valence-electron chi connectivity index (χ1n) is 6.84. The van der Waals surface area contributed by atoms with E-state index in [0.29, 0.717) is 11.4 Å². The predicted molar refractivity (Wildman–Crippen MR) is 81.8 cm³/mol. The number of nitrogens with one attached hydrogen (secondary N) is 1. The molecule has 1 aromatic carbocycles. The molecule has 6 heteroatoms. The van der Waals surface area contributed by atoms with E-state index in [-0.39, 0.29) is 18.0 Å². The van der Waals surface area contributed by atoms with E-state index in [0.717, 1.165) is 17.6 Å². The number of benzene rings is 1. The van der Waals surface area contributed by atoms with E-state index < -0.39 is 9.84 Å². The predicted octanol–water partition coefficient (Wildman–Crippen LogP) is 0.915. The van der Waals surface area contributed by atoms with Crippen molar-refractivity contribution in [2.45, 2.75) is 31.0 Å². The van der Waals surface area contributed by atoms with E-state index in [4.69, 9.17) is 4.74 Å². The maximum Gasteiger partial charge on any atom is 0.183 e. The molecule has 2 rings (SSSR count). The maximum atomic E-state index is 12.3. The van der Waals surface area contributed by atoms with Gasteiger partial charge < -0.3 is 9.64 Å². The number of sulfone groups is 1.